The molecule has 0 spiro atoms. The zero-order chi connectivity index (χ0) is 15.0. The second kappa shape index (κ2) is 5.12. The van der Waals surface area contributed by atoms with E-state index < -0.39 is 6.04 Å². The minimum atomic E-state index is -0.445. The standard InChI is InChI=1S/C15H16N4O2/c1-8-9(2)17-13-7-10(3-4-11(13)16-8)18-15(21)12-5-6-14(20)19-12/h3-4,7,12H,5-6H2,1-2H3,(H,18,21)(H,19,20). The highest BCUT2D eigenvalue weighted by Crippen LogP contribution is 2.18. The van der Waals surface area contributed by atoms with Gasteiger partial charge in [0, 0.05) is 12.1 Å². The van der Waals surface area contributed by atoms with Gasteiger partial charge in [-0.05, 0) is 38.5 Å². The summed E-state index contributed by atoms with van der Waals surface area (Å²) in [6, 6.07) is 4.97. The Bertz CT molecular complexity index is 742. The summed E-state index contributed by atoms with van der Waals surface area (Å²) in [5.74, 6) is -0.275. The lowest BCUT2D eigenvalue weighted by Gasteiger charge is -2.11. The van der Waals surface area contributed by atoms with E-state index in [-0.39, 0.29) is 11.8 Å². The van der Waals surface area contributed by atoms with E-state index >= 15 is 0 Å². The topological polar surface area (TPSA) is 84.0 Å². The van der Waals surface area contributed by atoms with E-state index in [1.807, 2.05) is 19.9 Å². The van der Waals surface area contributed by atoms with E-state index in [0.717, 1.165) is 22.4 Å². The average Bonchev–Trinajstić information content (AvgIpc) is 2.87. The van der Waals surface area contributed by atoms with E-state index in [9.17, 15) is 9.59 Å². The molecule has 6 heteroatoms. The van der Waals surface area contributed by atoms with Gasteiger partial charge >= 0.3 is 0 Å². The first-order chi connectivity index (χ1) is 10.0. The summed E-state index contributed by atoms with van der Waals surface area (Å²) in [5, 5.41) is 5.46. The van der Waals surface area contributed by atoms with Gasteiger partial charge < -0.3 is 10.6 Å². The van der Waals surface area contributed by atoms with Gasteiger partial charge in [0.05, 0.1) is 22.4 Å². The maximum absolute atomic E-state index is 12.1. The lowest BCUT2D eigenvalue weighted by atomic mass is 10.2. The maximum atomic E-state index is 12.1. The summed E-state index contributed by atoms with van der Waals surface area (Å²) in [4.78, 5) is 32.1. The summed E-state index contributed by atoms with van der Waals surface area (Å²) < 4.78 is 0. The van der Waals surface area contributed by atoms with Crippen molar-refractivity contribution in [3.63, 3.8) is 0 Å². The minimum absolute atomic E-state index is 0.0781. The fourth-order valence-corrected chi connectivity index (χ4v) is 2.35. The number of nitrogens with zero attached hydrogens (tertiary/aromatic N) is 2. The van der Waals surface area contributed by atoms with Crippen LogP contribution in [0.1, 0.15) is 24.2 Å². The van der Waals surface area contributed by atoms with Crippen LogP contribution in [0.4, 0.5) is 5.69 Å². The number of rotatable bonds is 2. The zero-order valence-electron chi connectivity index (χ0n) is 11.9. The molecule has 3 rings (SSSR count). The minimum Gasteiger partial charge on any atom is -0.344 e. The van der Waals surface area contributed by atoms with Gasteiger partial charge in [0.15, 0.2) is 0 Å². The first-order valence-corrected chi connectivity index (χ1v) is 6.88. The molecule has 1 aliphatic heterocycles. The molecule has 2 N–H and O–H groups in total. The zero-order valence-corrected chi connectivity index (χ0v) is 11.9. The first kappa shape index (κ1) is 13.5. The second-order valence-electron chi connectivity index (χ2n) is 5.25. The van der Waals surface area contributed by atoms with Crippen molar-refractivity contribution in [3.8, 4) is 0 Å². The Morgan fingerprint density at radius 2 is 1.95 bits per heavy atom. The van der Waals surface area contributed by atoms with Crippen molar-refractivity contribution >= 4 is 28.5 Å². The number of aromatic nitrogens is 2. The van der Waals surface area contributed by atoms with Gasteiger partial charge in [-0.15, -0.1) is 0 Å². The third kappa shape index (κ3) is 2.69. The van der Waals surface area contributed by atoms with Crippen molar-refractivity contribution < 1.29 is 9.59 Å². The molecule has 21 heavy (non-hydrogen) atoms. The number of hydrogen-bond donors (Lipinski definition) is 2. The van der Waals surface area contributed by atoms with Crippen LogP contribution >= 0.6 is 0 Å². The Morgan fingerprint density at radius 1 is 1.24 bits per heavy atom. The molecule has 2 aromatic rings. The highest BCUT2D eigenvalue weighted by molar-refractivity contribution is 5.99. The quantitative estimate of drug-likeness (QED) is 0.874. The van der Waals surface area contributed by atoms with Crippen LogP contribution in [0.5, 0.6) is 0 Å². The Balaban J connectivity index is 1.82. The highest BCUT2D eigenvalue weighted by Gasteiger charge is 2.27. The molecule has 1 saturated heterocycles. The van der Waals surface area contributed by atoms with Crippen molar-refractivity contribution in [2.45, 2.75) is 32.7 Å². The summed E-state index contributed by atoms with van der Waals surface area (Å²) in [7, 11) is 0. The molecule has 1 unspecified atom stereocenters. The largest absolute Gasteiger partial charge is 0.344 e. The Hall–Kier alpha value is -2.50. The molecule has 2 heterocycles. The second-order valence-corrected chi connectivity index (χ2v) is 5.25. The number of benzene rings is 1. The fraction of sp³-hybridized carbons (Fsp3) is 0.333. The number of amides is 2. The van der Waals surface area contributed by atoms with Crippen molar-refractivity contribution in [1.82, 2.24) is 15.3 Å². The molecular weight excluding hydrogens is 268 g/mol. The molecule has 0 bridgehead atoms. The molecule has 0 radical (unpaired) electrons. The molecule has 0 saturated carbocycles. The van der Waals surface area contributed by atoms with Gasteiger partial charge in [-0.3, -0.25) is 9.59 Å². The summed E-state index contributed by atoms with van der Waals surface area (Å²) in [6.45, 7) is 3.82. The van der Waals surface area contributed by atoms with Gasteiger partial charge in [0.2, 0.25) is 11.8 Å². The summed E-state index contributed by atoms with van der Waals surface area (Å²) in [6.07, 6.45) is 0.941. The summed E-state index contributed by atoms with van der Waals surface area (Å²) >= 11 is 0. The van der Waals surface area contributed by atoms with Crippen molar-refractivity contribution in [2.24, 2.45) is 0 Å². The third-order valence-electron chi connectivity index (χ3n) is 3.65. The molecule has 1 fully saturated rings. The number of aryl methyl sites for hydroxylation is 2. The van der Waals surface area contributed by atoms with Gasteiger partial charge in [0.25, 0.3) is 0 Å². The molecular formula is C15H16N4O2. The van der Waals surface area contributed by atoms with E-state index in [1.165, 1.54) is 0 Å². The Labute approximate surface area is 122 Å². The normalized spacial score (nSPS) is 17.8. The van der Waals surface area contributed by atoms with E-state index in [1.54, 1.807) is 12.1 Å². The first-order valence-electron chi connectivity index (χ1n) is 6.88. The molecule has 1 aromatic carbocycles. The smallest absolute Gasteiger partial charge is 0.246 e. The lowest BCUT2D eigenvalue weighted by molar-refractivity contribution is -0.122. The van der Waals surface area contributed by atoms with Crippen molar-refractivity contribution in [3.05, 3.63) is 29.6 Å². The monoisotopic (exact) mass is 284 g/mol. The van der Waals surface area contributed by atoms with Gasteiger partial charge in [-0.1, -0.05) is 0 Å². The van der Waals surface area contributed by atoms with Crippen LogP contribution in [-0.4, -0.2) is 27.8 Å². The van der Waals surface area contributed by atoms with Crippen LogP contribution in [-0.2, 0) is 9.59 Å². The average molecular weight is 284 g/mol. The predicted molar refractivity (Wildman–Crippen MR) is 78.8 cm³/mol. The number of nitrogens with one attached hydrogen (secondary N) is 2. The number of anilines is 1. The molecule has 6 nitrogen and oxygen atoms in total. The van der Waals surface area contributed by atoms with Crippen LogP contribution < -0.4 is 10.6 Å². The van der Waals surface area contributed by atoms with Crippen LogP contribution in [0.25, 0.3) is 11.0 Å². The van der Waals surface area contributed by atoms with Gasteiger partial charge in [0.1, 0.15) is 6.04 Å². The number of carbonyl (C=O) groups is 2. The van der Waals surface area contributed by atoms with E-state index in [2.05, 4.69) is 20.6 Å². The van der Waals surface area contributed by atoms with Crippen LogP contribution in [0.2, 0.25) is 0 Å². The molecule has 1 aromatic heterocycles. The maximum Gasteiger partial charge on any atom is 0.246 e. The van der Waals surface area contributed by atoms with Crippen LogP contribution in [0.15, 0.2) is 18.2 Å². The van der Waals surface area contributed by atoms with Gasteiger partial charge in [-0.2, -0.15) is 0 Å². The van der Waals surface area contributed by atoms with Gasteiger partial charge in [-0.25, -0.2) is 9.97 Å². The van der Waals surface area contributed by atoms with E-state index in [4.69, 9.17) is 0 Å². The number of hydrogen-bond acceptors (Lipinski definition) is 4. The Morgan fingerprint density at radius 3 is 2.62 bits per heavy atom. The predicted octanol–water partition coefficient (Wildman–Crippen LogP) is 1.46. The molecule has 0 aliphatic carbocycles. The van der Waals surface area contributed by atoms with Crippen LogP contribution in [0, 0.1) is 13.8 Å². The number of carbonyl (C=O) groups excluding carboxylic acids is 2. The van der Waals surface area contributed by atoms with Crippen molar-refractivity contribution in [2.75, 3.05) is 5.32 Å². The third-order valence-corrected chi connectivity index (χ3v) is 3.65. The fourth-order valence-electron chi connectivity index (χ4n) is 2.35. The SMILES string of the molecule is Cc1nc2ccc(NC(=O)C3CCC(=O)N3)cc2nc1C. The van der Waals surface area contributed by atoms with Crippen LogP contribution in [0.3, 0.4) is 0 Å². The Kier molecular flexibility index (Phi) is 3.29. The van der Waals surface area contributed by atoms with E-state index in [0.29, 0.717) is 18.5 Å². The summed E-state index contributed by atoms with van der Waals surface area (Å²) in [5.41, 5.74) is 3.96. The molecule has 2 amide bonds. The molecule has 1 aliphatic rings. The molecule has 1 atom stereocenters. The highest BCUT2D eigenvalue weighted by atomic mass is 16.2. The molecule has 108 valence electrons. The van der Waals surface area contributed by atoms with Crippen molar-refractivity contribution in [1.29, 1.82) is 0 Å². The number of fused-ring (bicyclic) bond motifs is 1. The lowest BCUT2D eigenvalue weighted by Crippen LogP contribution is -2.37.